The van der Waals surface area contributed by atoms with Gasteiger partial charge < -0.3 is 4.74 Å². The molecule has 204 valence electrons. The fourth-order valence-corrected chi connectivity index (χ4v) is 4.41. The first-order chi connectivity index (χ1) is 17.0. The molecule has 37 heavy (non-hydrogen) atoms. The van der Waals surface area contributed by atoms with Crippen molar-refractivity contribution in [1.29, 1.82) is 0 Å². The number of ether oxygens (including phenoxy) is 1. The zero-order valence-corrected chi connectivity index (χ0v) is 19.4. The summed E-state index contributed by atoms with van der Waals surface area (Å²) in [5, 5.41) is 0. The third-order valence-corrected chi connectivity index (χ3v) is 6.12. The van der Waals surface area contributed by atoms with Gasteiger partial charge in [0.05, 0.1) is 29.0 Å². The van der Waals surface area contributed by atoms with Crippen LogP contribution >= 0.6 is 0 Å². The molecule has 2 aromatic rings. The van der Waals surface area contributed by atoms with Crippen molar-refractivity contribution in [1.82, 2.24) is 0 Å². The molecular weight excluding hydrogens is 524 g/mol. The van der Waals surface area contributed by atoms with E-state index in [0.717, 1.165) is 11.0 Å². The maximum absolute atomic E-state index is 15.9. The molecule has 0 fully saturated rings. The van der Waals surface area contributed by atoms with Gasteiger partial charge >= 0.3 is 24.6 Å². The summed E-state index contributed by atoms with van der Waals surface area (Å²) in [5.74, 6) is -1.59. The van der Waals surface area contributed by atoms with Crippen molar-refractivity contribution in [2.75, 3.05) is 11.5 Å². The fraction of sp³-hybridized carbons (Fsp3) is 0.458. The molecule has 1 unspecified atom stereocenters. The summed E-state index contributed by atoms with van der Waals surface area (Å²) in [4.78, 5) is 13.6. The van der Waals surface area contributed by atoms with Gasteiger partial charge in [-0.3, -0.25) is 4.90 Å². The lowest BCUT2D eigenvalue weighted by Gasteiger charge is -2.41. The molecule has 0 saturated carbocycles. The Kier molecular flexibility index (Phi) is 7.76. The summed E-state index contributed by atoms with van der Waals surface area (Å²) >= 11 is 0. The molecule has 1 aliphatic heterocycles. The highest BCUT2D eigenvalue weighted by molar-refractivity contribution is 5.90. The minimum absolute atomic E-state index is 0.0820. The number of amides is 1. The number of hydrogen-bond donors (Lipinski definition) is 0. The van der Waals surface area contributed by atoms with Gasteiger partial charge in [0.25, 0.3) is 0 Å². The van der Waals surface area contributed by atoms with Gasteiger partial charge in [0.1, 0.15) is 6.17 Å². The number of benzene rings is 2. The minimum Gasteiger partial charge on any atom is -0.449 e. The summed E-state index contributed by atoms with van der Waals surface area (Å²) in [6.07, 6.45) is -19.1. The van der Waals surface area contributed by atoms with Crippen LogP contribution in [0.15, 0.2) is 36.4 Å². The van der Waals surface area contributed by atoms with Crippen molar-refractivity contribution >= 4 is 11.8 Å². The van der Waals surface area contributed by atoms with E-state index in [9.17, 15) is 44.3 Å². The van der Waals surface area contributed by atoms with Crippen LogP contribution in [0.3, 0.4) is 0 Å². The SMILES string of the molecule is CCOC(=O)N1c2ccc(C(F)(F)F)cc2[C@H](C(F)c2cc(C(F)(F)F)cc(C(F)(F)F)c2)C[C@H]1CC. The lowest BCUT2D eigenvalue weighted by atomic mass is 9.79. The lowest BCUT2D eigenvalue weighted by Crippen LogP contribution is -2.45. The Morgan fingerprint density at radius 3 is 1.89 bits per heavy atom. The smallest absolute Gasteiger partial charge is 0.416 e. The van der Waals surface area contributed by atoms with Gasteiger partial charge in [-0.1, -0.05) is 6.92 Å². The number of fused-ring (bicyclic) bond motifs is 1. The van der Waals surface area contributed by atoms with Crippen molar-refractivity contribution in [3.05, 3.63) is 64.2 Å². The van der Waals surface area contributed by atoms with Crippen LogP contribution in [0.1, 0.15) is 66.6 Å². The second kappa shape index (κ2) is 10.1. The fourth-order valence-electron chi connectivity index (χ4n) is 4.41. The molecule has 0 bridgehead atoms. The van der Waals surface area contributed by atoms with Crippen LogP contribution in [0.5, 0.6) is 0 Å². The average Bonchev–Trinajstić information content (AvgIpc) is 2.80. The van der Waals surface area contributed by atoms with E-state index in [1.807, 2.05) is 0 Å². The zero-order chi connectivity index (χ0) is 27.9. The molecule has 3 rings (SSSR count). The molecule has 1 heterocycles. The number of carbonyl (C=O) groups excluding carboxylic acids is 1. The molecule has 2 aromatic carbocycles. The maximum Gasteiger partial charge on any atom is 0.416 e. The van der Waals surface area contributed by atoms with Crippen molar-refractivity contribution in [2.24, 2.45) is 0 Å². The van der Waals surface area contributed by atoms with Crippen LogP contribution < -0.4 is 4.90 Å². The first-order valence-electron chi connectivity index (χ1n) is 11.1. The molecule has 0 aromatic heterocycles. The maximum atomic E-state index is 15.9. The molecular formula is C24H21F10NO2. The van der Waals surface area contributed by atoms with Crippen LogP contribution in [-0.2, 0) is 23.3 Å². The first-order valence-corrected chi connectivity index (χ1v) is 11.1. The van der Waals surface area contributed by atoms with Crippen molar-refractivity contribution in [3.63, 3.8) is 0 Å². The Balaban J connectivity index is 2.22. The van der Waals surface area contributed by atoms with Crippen LogP contribution in [0.25, 0.3) is 0 Å². The Bertz CT molecular complexity index is 1110. The predicted octanol–water partition coefficient (Wildman–Crippen LogP) is 8.68. The van der Waals surface area contributed by atoms with Crippen molar-refractivity contribution < 1.29 is 53.4 Å². The highest BCUT2D eigenvalue weighted by Gasteiger charge is 2.44. The van der Waals surface area contributed by atoms with Crippen LogP contribution in [0.2, 0.25) is 0 Å². The second-order valence-corrected chi connectivity index (χ2v) is 8.49. The molecule has 0 N–H and O–H groups in total. The molecule has 0 saturated heterocycles. The Morgan fingerprint density at radius 2 is 1.43 bits per heavy atom. The Hall–Kier alpha value is -2.99. The van der Waals surface area contributed by atoms with E-state index in [1.165, 1.54) is 6.92 Å². The third-order valence-electron chi connectivity index (χ3n) is 6.12. The van der Waals surface area contributed by atoms with Gasteiger partial charge in [-0.05, 0) is 67.3 Å². The monoisotopic (exact) mass is 545 g/mol. The van der Waals surface area contributed by atoms with E-state index < -0.39 is 65.0 Å². The topological polar surface area (TPSA) is 29.5 Å². The van der Waals surface area contributed by atoms with E-state index in [-0.39, 0.29) is 48.9 Å². The molecule has 13 heteroatoms. The van der Waals surface area contributed by atoms with Gasteiger partial charge in [0, 0.05) is 12.0 Å². The first kappa shape index (κ1) is 28.6. The summed E-state index contributed by atoms with van der Waals surface area (Å²) in [7, 11) is 0. The average molecular weight is 545 g/mol. The zero-order valence-electron chi connectivity index (χ0n) is 19.4. The molecule has 1 amide bonds. The van der Waals surface area contributed by atoms with E-state index >= 15 is 4.39 Å². The standard InChI is InChI=1S/C24H21F10NO2/c1-3-16-11-18(20(25)12-7-14(23(29,30)31)9-15(8-12)24(32,33)34)17-10-13(22(26,27)28)5-6-19(17)35(16)21(36)37-4-2/h5-10,16,18,20H,3-4,11H2,1-2H3/t16-,18-,20?/m1/s1. The Morgan fingerprint density at radius 1 is 0.892 bits per heavy atom. The van der Waals surface area contributed by atoms with Gasteiger partial charge in [-0.2, -0.15) is 39.5 Å². The normalized spacial score (nSPS) is 19.4. The number of nitrogens with zero attached hydrogens (tertiary/aromatic N) is 1. The van der Waals surface area contributed by atoms with Crippen molar-refractivity contribution in [2.45, 2.75) is 63.3 Å². The highest BCUT2D eigenvalue weighted by atomic mass is 19.4. The Labute approximate surface area is 205 Å². The number of alkyl halides is 10. The van der Waals surface area contributed by atoms with E-state index in [1.54, 1.807) is 6.92 Å². The van der Waals surface area contributed by atoms with E-state index in [2.05, 4.69) is 0 Å². The van der Waals surface area contributed by atoms with E-state index in [4.69, 9.17) is 4.74 Å². The number of hydrogen-bond acceptors (Lipinski definition) is 2. The van der Waals surface area contributed by atoms with Crippen LogP contribution in [0, 0.1) is 0 Å². The summed E-state index contributed by atoms with van der Waals surface area (Å²) in [6, 6.07) is 1.55. The van der Waals surface area contributed by atoms with Gasteiger partial charge in [0.2, 0.25) is 0 Å². The summed E-state index contributed by atoms with van der Waals surface area (Å²) in [6.45, 7) is 2.99. The summed E-state index contributed by atoms with van der Waals surface area (Å²) < 4.78 is 141. The third kappa shape index (κ3) is 5.96. The van der Waals surface area contributed by atoms with Gasteiger partial charge in [0.15, 0.2) is 0 Å². The molecule has 3 nitrogen and oxygen atoms in total. The number of anilines is 1. The minimum atomic E-state index is -5.24. The number of carbonyl (C=O) groups is 1. The van der Waals surface area contributed by atoms with Crippen LogP contribution in [0.4, 0.5) is 54.4 Å². The predicted molar refractivity (Wildman–Crippen MR) is 113 cm³/mol. The summed E-state index contributed by atoms with van der Waals surface area (Å²) in [5.41, 5.74) is -6.26. The molecule has 0 spiro atoms. The molecule has 1 aliphatic rings. The van der Waals surface area contributed by atoms with Gasteiger partial charge in [-0.25, -0.2) is 9.18 Å². The van der Waals surface area contributed by atoms with Crippen molar-refractivity contribution in [3.8, 4) is 0 Å². The second-order valence-electron chi connectivity index (χ2n) is 8.49. The lowest BCUT2D eigenvalue weighted by molar-refractivity contribution is -0.143. The number of rotatable bonds is 4. The molecule has 0 radical (unpaired) electrons. The quantitative estimate of drug-likeness (QED) is 0.360. The highest BCUT2D eigenvalue weighted by Crippen LogP contribution is 2.50. The van der Waals surface area contributed by atoms with Gasteiger partial charge in [-0.15, -0.1) is 0 Å². The van der Waals surface area contributed by atoms with E-state index in [0.29, 0.717) is 12.1 Å². The molecule has 0 aliphatic carbocycles. The van der Waals surface area contributed by atoms with Crippen LogP contribution in [-0.4, -0.2) is 18.7 Å². The largest absolute Gasteiger partial charge is 0.449 e. The molecule has 3 atom stereocenters. The number of halogens is 10.